The van der Waals surface area contributed by atoms with E-state index >= 15 is 0 Å². The Morgan fingerprint density at radius 1 is 0.406 bits per heavy atom. The van der Waals surface area contributed by atoms with Gasteiger partial charge in [-0.3, -0.25) is 14.4 Å². The van der Waals surface area contributed by atoms with Gasteiger partial charge in [0.25, 0.3) is 0 Å². The van der Waals surface area contributed by atoms with Crippen molar-refractivity contribution in [2.75, 3.05) is 0 Å². The molecule has 7 heteroatoms. The number of aliphatic hydroxyl groups excluding tert-OH is 3. The van der Waals surface area contributed by atoms with Crippen LogP contribution < -0.4 is 0 Å². The van der Waals surface area contributed by atoms with Crippen LogP contribution in [0.25, 0.3) is 0 Å². The summed E-state index contributed by atoms with van der Waals surface area (Å²) in [6, 6.07) is 0. The van der Waals surface area contributed by atoms with E-state index in [1.807, 2.05) is 0 Å². The summed E-state index contributed by atoms with van der Waals surface area (Å²) in [5, 5.41) is 44.1. The van der Waals surface area contributed by atoms with Gasteiger partial charge in [-0.1, -0.05) is 191 Å². The second-order valence-electron chi connectivity index (χ2n) is 18.4. The number of unbranched alkanes of at least 4 members (excludes halogenated alkanes) is 24. The first-order chi connectivity index (χ1) is 31.2. The second-order valence-corrected chi connectivity index (χ2v) is 18.4. The molecule has 0 aromatic heterocycles. The lowest BCUT2D eigenvalue weighted by Gasteiger charge is -2.32. The third-order valence-electron chi connectivity index (χ3n) is 12.4. The Morgan fingerprint density at radius 2 is 0.734 bits per heavy atom. The summed E-state index contributed by atoms with van der Waals surface area (Å²) in [4.78, 5) is 40.3. The van der Waals surface area contributed by atoms with E-state index in [2.05, 4.69) is 81.5 Å². The molecule has 0 spiro atoms. The summed E-state index contributed by atoms with van der Waals surface area (Å²) in [5.74, 6) is -2.28. The maximum atomic E-state index is 13.6. The Balaban J connectivity index is 4.91. The van der Waals surface area contributed by atoms with Crippen LogP contribution in [0.3, 0.4) is 0 Å². The average Bonchev–Trinajstić information content (AvgIpc) is 3.29. The third kappa shape index (κ3) is 34.8. The molecule has 0 saturated heterocycles. The van der Waals surface area contributed by atoms with Crippen LogP contribution in [0, 0.1) is 0 Å². The summed E-state index contributed by atoms with van der Waals surface area (Å²) in [6.45, 7) is 6.63. The minimum Gasteiger partial charge on any atom is -0.393 e. The fraction of sp³-hybridized carbons (Fsp3) is 0.772. The molecule has 0 bridgehead atoms. The molecule has 0 amide bonds. The summed E-state index contributed by atoms with van der Waals surface area (Å²) in [5.41, 5.74) is -2.81. The van der Waals surface area contributed by atoms with E-state index in [1.165, 1.54) is 57.8 Å². The Labute approximate surface area is 393 Å². The molecule has 3 atom stereocenters. The molecule has 4 N–H and O–H groups in total. The van der Waals surface area contributed by atoms with E-state index < -0.39 is 35.2 Å². The lowest BCUT2D eigenvalue weighted by Crippen LogP contribution is -2.61. The highest BCUT2D eigenvalue weighted by Gasteiger charge is 2.52. The fourth-order valence-electron chi connectivity index (χ4n) is 8.00. The van der Waals surface area contributed by atoms with Gasteiger partial charge >= 0.3 is 0 Å². The van der Waals surface area contributed by atoms with Gasteiger partial charge in [0.15, 0.2) is 17.3 Å². The fourth-order valence-corrected chi connectivity index (χ4v) is 8.00. The van der Waals surface area contributed by atoms with Crippen LogP contribution in [-0.2, 0) is 14.4 Å². The molecule has 0 aromatic rings. The highest BCUT2D eigenvalue weighted by molar-refractivity contribution is 6.11. The van der Waals surface area contributed by atoms with E-state index in [1.54, 1.807) is 0 Å². The molecule has 0 heterocycles. The topological polar surface area (TPSA) is 132 Å². The highest BCUT2D eigenvalue weighted by atomic mass is 16.4. The molecule has 0 fully saturated rings. The Kier molecular flexibility index (Phi) is 43.9. The number of hydrogen-bond donors (Lipinski definition) is 4. The second kappa shape index (κ2) is 45.7. The molecule has 0 saturated carbocycles. The van der Waals surface area contributed by atoms with Gasteiger partial charge in [0.2, 0.25) is 5.60 Å². The largest absolute Gasteiger partial charge is 0.393 e. The SMILES string of the molecule is CCCCC/C=C\C/C=C\CCCCCCCC(=O)C(O)(C(=O)CCCCCCC/C=C\C/C=C\CCCCC)C(O)C(O)C(=O)CCCCCCCCC(O)C/C=C\CCCCC. The van der Waals surface area contributed by atoms with Crippen molar-refractivity contribution in [2.24, 2.45) is 0 Å². The number of carbonyl (C=O) groups is 3. The van der Waals surface area contributed by atoms with Gasteiger partial charge in [0, 0.05) is 19.3 Å². The first-order valence-electron chi connectivity index (χ1n) is 26.8. The molecule has 64 heavy (non-hydrogen) atoms. The number of Topliss-reactive ketones (excluding diaryl/α,β-unsaturated/α-hetero) is 3. The molecule has 0 aliphatic rings. The first kappa shape index (κ1) is 61.5. The standard InChI is InChI=1S/C57H100O7/c1-4-7-10-13-16-18-20-22-24-26-28-30-32-39-44-49-53(60)57(64,54(61)50-45-40-33-31-29-27-25-23-21-19-17-14-11-8-5-2)56(63)55(62)52(59)48-43-38-35-34-37-42-47-51(58)46-41-36-15-12-9-6-3/h16-19,22-25,36,41,51,55-56,58,62-64H,4-15,20-21,26-35,37-40,42-50H2,1-3H3/b18-16-,19-17-,24-22-,25-23-,41-36-. The lowest BCUT2D eigenvalue weighted by molar-refractivity contribution is -0.174. The average molecular weight is 897 g/mol. The predicted molar refractivity (Wildman–Crippen MR) is 272 cm³/mol. The zero-order valence-electron chi connectivity index (χ0n) is 41.7. The van der Waals surface area contributed by atoms with E-state index in [0.29, 0.717) is 25.7 Å². The van der Waals surface area contributed by atoms with E-state index in [-0.39, 0.29) is 25.4 Å². The molecule has 7 nitrogen and oxygen atoms in total. The van der Waals surface area contributed by atoms with Crippen LogP contribution in [-0.4, -0.2) is 61.7 Å². The summed E-state index contributed by atoms with van der Waals surface area (Å²) in [6.07, 6.45) is 50.8. The van der Waals surface area contributed by atoms with Crippen LogP contribution in [0.1, 0.15) is 258 Å². The van der Waals surface area contributed by atoms with Crippen molar-refractivity contribution in [3.63, 3.8) is 0 Å². The van der Waals surface area contributed by atoms with Crippen molar-refractivity contribution >= 4 is 17.3 Å². The van der Waals surface area contributed by atoms with Gasteiger partial charge in [-0.15, -0.1) is 0 Å². The van der Waals surface area contributed by atoms with Gasteiger partial charge in [0.05, 0.1) is 6.10 Å². The molecule has 0 radical (unpaired) electrons. The minimum absolute atomic E-state index is 0.00410. The summed E-state index contributed by atoms with van der Waals surface area (Å²) in [7, 11) is 0. The van der Waals surface area contributed by atoms with Gasteiger partial charge in [0.1, 0.15) is 12.2 Å². The smallest absolute Gasteiger partial charge is 0.210 e. The summed E-state index contributed by atoms with van der Waals surface area (Å²) < 4.78 is 0. The van der Waals surface area contributed by atoms with Crippen molar-refractivity contribution in [1.29, 1.82) is 0 Å². The van der Waals surface area contributed by atoms with Gasteiger partial charge in [-0.2, -0.15) is 0 Å². The number of hydrogen-bond acceptors (Lipinski definition) is 7. The van der Waals surface area contributed by atoms with E-state index in [4.69, 9.17) is 0 Å². The Hall–Kier alpha value is -2.45. The normalized spacial score (nSPS) is 14.0. The number of allylic oxidation sites excluding steroid dienone is 9. The highest BCUT2D eigenvalue weighted by Crippen LogP contribution is 2.25. The van der Waals surface area contributed by atoms with Crippen molar-refractivity contribution in [2.45, 2.75) is 282 Å². The van der Waals surface area contributed by atoms with Gasteiger partial charge in [-0.25, -0.2) is 0 Å². The van der Waals surface area contributed by atoms with E-state index in [9.17, 15) is 34.8 Å². The van der Waals surface area contributed by atoms with Crippen molar-refractivity contribution < 1.29 is 34.8 Å². The number of aliphatic hydroxyl groups is 4. The van der Waals surface area contributed by atoms with Crippen molar-refractivity contribution in [1.82, 2.24) is 0 Å². The molecule has 0 aromatic carbocycles. The molecule has 370 valence electrons. The third-order valence-corrected chi connectivity index (χ3v) is 12.4. The van der Waals surface area contributed by atoms with Crippen molar-refractivity contribution in [3.05, 3.63) is 60.8 Å². The maximum absolute atomic E-state index is 13.6. The number of ketones is 3. The Morgan fingerprint density at radius 3 is 1.14 bits per heavy atom. The van der Waals surface area contributed by atoms with Gasteiger partial charge in [-0.05, 0) is 109 Å². The van der Waals surface area contributed by atoms with Crippen LogP contribution in [0.15, 0.2) is 60.8 Å². The quantitative estimate of drug-likeness (QED) is 0.0272. The molecule has 0 aliphatic carbocycles. The maximum Gasteiger partial charge on any atom is 0.210 e. The molecular weight excluding hydrogens is 797 g/mol. The van der Waals surface area contributed by atoms with Crippen LogP contribution in [0.2, 0.25) is 0 Å². The van der Waals surface area contributed by atoms with Crippen LogP contribution in [0.4, 0.5) is 0 Å². The Bertz CT molecular complexity index is 1190. The monoisotopic (exact) mass is 897 g/mol. The van der Waals surface area contributed by atoms with Crippen LogP contribution >= 0.6 is 0 Å². The minimum atomic E-state index is -2.81. The summed E-state index contributed by atoms with van der Waals surface area (Å²) >= 11 is 0. The van der Waals surface area contributed by atoms with Crippen molar-refractivity contribution in [3.8, 4) is 0 Å². The lowest BCUT2D eigenvalue weighted by atomic mass is 9.79. The first-order valence-corrected chi connectivity index (χ1v) is 26.8. The molecule has 0 rings (SSSR count). The van der Waals surface area contributed by atoms with Crippen LogP contribution in [0.5, 0.6) is 0 Å². The predicted octanol–water partition coefficient (Wildman–Crippen LogP) is 14.8. The zero-order chi connectivity index (χ0) is 47.2. The number of rotatable bonds is 48. The molecule has 3 unspecified atom stereocenters. The molecular formula is C57H100O7. The zero-order valence-corrected chi connectivity index (χ0v) is 41.7. The van der Waals surface area contributed by atoms with Gasteiger partial charge < -0.3 is 20.4 Å². The molecule has 0 aliphatic heterocycles. The van der Waals surface area contributed by atoms with E-state index in [0.717, 1.165) is 135 Å². The number of carbonyl (C=O) groups excluding carboxylic acids is 3.